The maximum absolute atomic E-state index is 13.4. The fourth-order valence-corrected chi connectivity index (χ4v) is 3.46. The third-order valence-electron chi connectivity index (χ3n) is 4.86. The highest BCUT2D eigenvalue weighted by Crippen LogP contribution is 2.27. The fraction of sp³-hybridized carbons (Fsp3) is 0.400. The highest BCUT2D eigenvalue weighted by molar-refractivity contribution is 6.67. The van der Waals surface area contributed by atoms with Crippen LogP contribution in [0.25, 0.3) is 0 Å². The Hall–Kier alpha value is -3.26. The summed E-state index contributed by atoms with van der Waals surface area (Å²) in [4.78, 5) is 39.1. The predicted octanol–water partition coefficient (Wildman–Crippen LogP) is 4.52. The van der Waals surface area contributed by atoms with Gasteiger partial charge in [0.1, 0.15) is 23.1 Å². The normalized spacial score (nSPS) is 11.9. The van der Waals surface area contributed by atoms with Crippen molar-refractivity contribution in [2.45, 2.75) is 52.4 Å². The van der Waals surface area contributed by atoms with Gasteiger partial charge in [0.15, 0.2) is 0 Å². The molecule has 9 heteroatoms. The second-order valence-corrected chi connectivity index (χ2v) is 9.01. The summed E-state index contributed by atoms with van der Waals surface area (Å²) in [7, 11) is 3.08. The number of methoxy groups -OCH3 is 2. The van der Waals surface area contributed by atoms with Crippen LogP contribution in [0.3, 0.4) is 0 Å². The molecule has 2 rings (SSSR count). The van der Waals surface area contributed by atoms with Crippen LogP contribution in [0.2, 0.25) is 0 Å². The molecule has 0 spiro atoms. The molecule has 0 heterocycles. The highest BCUT2D eigenvalue weighted by Gasteiger charge is 2.27. The molecule has 184 valence electrons. The smallest absolute Gasteiger partial charge is 0.408 e. The first-order chi connectivity index (χ1) is 15.9. The Balaban J connectivity index is 2.37. The van der Waals surface area contributed by atoms with Crippen molar-refractivity contribution in [3.8, 4) is 11.5 Å². The second-order valence-electron chi connectivity index (χ2n) is 8.67. The molecule has 2 aromatic rings. The third kappa shape index (κ3) is 7.66. The van der Waals surface area contributed by atoms with E-state index in [0.717, 1.165) is 5.56 Å². The number of halogens is 1. The molecule has 0 unspecified atom stereocenters. The van der Waals surface area contributed by atoms with Gasteiger partial charge in [0.05, 0.1) is 14.2 Å². The Morgan fingerprint density at radius 3 is 2.24 bits per heavy atom. The molecular weight excluding hydrogens is 460 g/mol. The van der Waals surface area contributed by atoms with E-state index in [4.69, 9.17) is 25.8 Å². The Bertz CT molecular complexity index is 1030. The highest BCUT2D eigenvalue weighted by atomic mass is 35.5. The van der Waals surface area contributed by atoms with E-state index in [2.05, 4.69) is 5.32 Å². The van der Waals surface area contributed by atoms with Crippen LogP contribution in [0, 0.1) is 0 Å². The zero-order valence-electron chi connectivity index (χ0n) is 20.3. The average molecular weight is 491 g/mol. The molecule has 1 N–H and O–H groups in total. The van der Waals surface area contributed by atoms with Crippen LogP contribution in [-0.2, 0) is 22.6 Å². The van der Waals surface area contributed by atoms with Gasteiger partial charge in [0, 0.05) is 30.3 Å². The molecule has 0 aromatic heterocycles. The van der Waals surface area contributed by atoms with E-state index in [1.54, 1.807) is 77.3 Å². The van der Waals surface area contributed by atoms with Gasteiger partial charge in [-0.2, -0.15) is 0 Å². The van der Waals surface area contributed by atoms with E-state index < -0.39 is 23.0 Å². The number of alkyl carbamates (subject to hydrolysis) is 1. The number of carbonyl (C=O) groups is 3. The van der Waals surface area contributed by atoms with Crippen molar-refractivity contribution in [1.82, 2.24) is 10.2 Å². The summed E-state index contributed by atoms with van der Waals surface area (Å²) in [6.45, 7) is 7.02. The lowest BCUT2D eigenvalue weighted by molar-refractivity contribution is -0.134. The van der Waals surface area contributed by atoms with Gasteiger partial charge in [0.2, 0.25) is 5.91 Å². The lowest BCUT2D eigenvalue weighted by Crippen LogP contribution is -2.47. The van der Waals surface area contributed by atoms with Gasteiger partial charge in [0.25, 0.3) is 5.24 Å². The Morgan fingerprint density at radius 1 is 1.00 bits per heavy atom. The van der Waals surface area contributed by atoms with Crippen LogP contribution >= 0.6 is 11.6 Å². The Morgan fingerprint density at radius 2 is 1.65 bits per heavy atom. The van der Waals surface area contributed by atoms with Crippen LogP contribution < -0.4 is 14.8 Å². The molecule has 0 aliphatic rings. The van der Waals surface area contributed by atoms with Crippen molar-refractivity contribution < 1.29 is 28.6 Å². The molecule has 0 saturated carbocycles. The molecule has 0 aliphatic heterocycles. The SMILES string of the molecule is COc1ccc(CN(Cc2ccccc2C(=O)Cl)C(=O)[C@H](C)NC(=O)OC(C)(C)C)c(OC)c1. The van der Waals surface area contributed by atoms with E-state index in [1.807, 2.05) is 0 Å². The molecule has 0 saturated heterocycles. The van der Waals surface area contributed by atoms with Crippen molar-refractivity contribution in [1.29, 1.82) is 0 Å². The van der Waals surface area contributed by atoms with Gasteiger partial charge in [-0.1, -0.05) is 18.2 Å². The molecular formula is C25H31ClN2O6. The number of benzene rings is 2. The van der Waals surface area contributed by atoms with Gasteiger partial charge in [-0.3, -0.25) is 9.59 Å². The first-order valence-electron chi connectivity index (χ1n) is 10.7. The predicted molar refractivity (Wildman–Crippen MR) is 129 cm³/mol. The van der Waals surface area contributed by atoms with E-state index in [0.29, 0.717) is 22.6 Å². The molecule has 0 aliphatic carbocycles. The maximum Gasteiger partial charge on any atom is 0.408 e. The van der Waals surface area contributed by atoms with Crippen LogP contribution in [0.1, 0.15) is 49.2 Å². The van der Waals surface area contributed by atoms with E-state index in [1.165, 1.54) is 12.0 Å². The van der Waals surface area contributed by atoms with Crippen molar-refractivity contribution in [3.05, 3.63) is 59.2 Å². The molecule has 2 aromatic carbocycles. The Kier molecular flexibility index (Phi) is 9.32. The number of hydrogen-bond acceptors (Lipinski definition) is 6. The number of carbonyl (C=O) groups excluding carboxylic acids is 3. The molecule has 8 nitrogen and oxygen atoms in total. The molecule has 0 bridgehead atoms. The Labute approximate surface area is 205 Å². The van der Waals surface area contributed by atoms with Crippen molar-refractivity contribution >= 4 is 28.8 Å². The third-order valence-corrected chi connectivity index (χ3v) is 5.06. The second kappa shape index (κ2) is 11.7. The fourth-order valence-electron chi connectivity index (χ4n) is 3.28. The zero-order valence-corrected chi connectivity index (χ0v) is 21.1. The number of ether oxygens (including phenoxy) is 3. The van der Waals surface area contributed by atoms with E-state index in [9.17, 15) is 14.4 Å². The minimum atomic E-state index is -0.891. The molecule has 1 atom stereocenters. The molecule has 0 radical (unpaired) electrons. The van der Waals surface area contributed by atoms with Crippen LogP contribution in [0.5, 0.6) is 11.5 Å². The quantitative estimate of drug-likeness (QED) is 0.519. The lowest BCUT2D eigenvalue weighted by atomic mass is 10.1. The van der Waals surface area contributed by atoms with Crippen molar-refractivity contribution in [2.75, 3.05) is 14.2 Å². The zero-order chi connectivity index (χ0) is 25.5. The van der Waals surface area contributed by atoms with Gasteiger partial charge in [-0.05, 0) is 63.1 Å². The topological polar surface area (TPSA) is 94.2 Å². The van der Waals surface area contributed by atoms with Crippen LogP contribution in [0.15, 0.2) is 42.5 Å². The largest absolute Gasteiger partial charge is 0.497 e. The first kappa shape index (κ1) is 27.0. The standard InChI is InChI=1S/C25H31ClN2O6/c1-16(27-24(31)34-25(2,3)4)23(30)28(14-17-9-7-8-10-20(17)22(26)29)15-18-11-12-19(32-5)13-21(18)33-6/h7-13,16H,14-15H2,1-6H3,(H,27,31)/t16-/m0/s1. The number of nitrogens with zero attached hydrogens (tertiary/aromatic N) is 1. The van der Waals surface area contributed by atoms with Gasteiger partial charge >= 0.3 is 6.09 Å². The number of amides is 2. The summed E-state index contributed by atoms with van der Waals surface area (Å²) >= 11 is 5.76. The summed E-state index contributed by atoms with van der Waals surface area (Å²) in [6, 6.07) is 11.2. The number of rotatable bonds is 9. The maximum atomic E-state index is 13.4. The summed E-state index contributed by atoms with van der Waals surface area (Å²) < 4.78 is 16.0. The van der Waals surface area contributed by atoms with Crippen molar-refractivity contribution in [2.24, 2.45) is 0 Å². The van der Waals surface area contributed by atoms with Crippen LogP contribution in [-0.4, -0.2) is 48.0 Å². The minimum Gasteiger partial charge on any atom is -0.497 e. The molecule has 2 amide bonds. The molecule has 0 fully saturated rings. The first-order valence-corrected chi connectivity index (χ1v) is 11.1. The monoisotopic (exact) mass is 490 g/mol. The summed E-state index contributed by atoms with van der Waals surface area (Å²) in [5, 5.41) is 1.96. The average Bonchev–Trinajstić information content (AvgIpc) is 2.77. The number of nitrogens with one attached hydrogen (secondary N) is 1. The molecule has 34 heavy (non-hydrogen) atoms. The van der Waals surface area contributed by atoms with Gasteiger partial charge in [-0.25, -0.2) is 4.79 Å². The van der Waals surface area contributed by atoms with Crippen molar-refractivity contribution in [3.63, 3.8) is 0 Å². The lowest BCUT2D eigenvalue weighted by Gasteiger charge is -2.28. The van der Waals surface area contributed by atoms with Gasteiger partial charge < -0.3 is 24.4 Å². The van der Waals surface area contributed by atoms with E-state index in [-0.39, 0.29) is 19.0 Å². The van der Waals surface area contributed by atoms with Crippen LogP contribution in [0.4, 0.5) is 4.79 Å². The summed E-state index contributed by atoms with van der Waals surface area (Å²) in [6.07, 6.45) is -0.702. The number of hydrogen-bond donors (Lipinski definition) is 1. The summed E-state index contributed by atoms with van der Waals surface area (Å²) in [5.74, 6) is 0.767. The summed E-state index contributed by atoms with van der Waals surface area (Å²) in [5.41, 5.74) is 0.892. The minimum absolute atomic E-state index is 0.0863. The van der Waals surface area contributed by atoms with E-state index >= 15 is 0 Å². The van der Waals surface area contributed by atoms with Gasteiger partial charge in [-0.15, -0.1) is 0 Å².